The third-order valence-electron chi connectivity index (χ3n) is 5.84. The van der Waals surface area contributed by atoms with E-state index in [1.54, 1.807) is 24.5 Å². The van der Waals surface area contributed by atoms with Gasteiger partial charge < -0.3 is 19.5 Å². The number of pyridine rings is 1. The molecule has 3 heterocycles. The molecule has 1 aliphatic rings. The largest absolute Gasteiger partial charge is 0.494 e. The molecule has 0 atom stereocenters. The molecule has 1 saturated heterocycles. The molecule has 2 aromatic heterocycles. The summed E-state index contributed by atoms with van der Waals surface area (Å²) < 4.78 is 31.6. The number of nitrogens with one attached hydrogen (secondary N) is 1. The standard InChI is InChI=1S/C27H28FN5O3/c28-24-17-23(36-19-21-4-1-2-9-29-21)6-8-26(24)32-27-30-18-20-16-22(5-7-25(20)31-27)35-13-3-10-33-11-14-34-15-12-33/h1-2,4-9,16-18H,3,10-15,19H2,(H,30,31,32). The van der Waals surface area contributed by atoms with Crippen molar-refractivity contribution < 1.29 is 18.6 Å². The van der Waals surface area contributed by atoms with Crippen molar-refractivity contribution in [3.05, 3.63) is 78.5 Å². The van der Waals surface area contributed by atoms with Crippen molar-refractivity contribution in [2.45, 2.75) is 13.0 Å². The lowest BCUT2D eigenvalue weighted by atomic mass is 10.2. The van der Waals surface area contributed by atoms with E-state index in [1.807, 2.05) is 36.4 Å². The minimum Gasteiger partial charge on any atom is -0.494 e. The summed E-state index contributed by atoms with van der Waals surface area (Å²) in [6.07, 6.45) is 4.35. The minimum atomic E-state index is -0.460. The second kappa shape index (κ2) is 11.7. The molecule has 8 nitrogen and oxygen atoms in total. The van der Waals surface area contributed by atoms with Crippen molar-refractivity contribution in [2.75, 3.05) is 44.8 Å². The minimum absolute atomic E-state index is 0.264. The second-order valence-electron chi connectivity index (χ2n) is 8.45. The van der Waals surface area contributed by atoms with Gasteiger partial charge in [0.2, 0.25) is 5.95 Å². The Hall–Kier alpha value is -3.82. The Labute approximate surface area is 209 Å². The molecule has 0 radical (unpaired) electrons. The molecular formula is C27H28FN5O3. The molecule has 0 saturated carbocycles. The number of halogens is 1. The Morgan fingerprint density at radius 1 is 0.972 bits per heavy atom. The van der Waals surface area contributed by atoms with E-state index in [9.17, 15) is 4.39 Å². The topological polar surface area (TPSA) is 81.6 Å². The first kappa shape index (κ1) is 23.9. The quantitative estimate of drug-likeness (QED) is 0.324. The number of morpholine rings is 1. The maximum Gasteiger partial charge on any atom is 0.227 e. The lowest BCUT2D eigenvalue weighted by Crippen LogP contribution is -2.37. The van der Waals surface area contributed by atoms with Crippen LogP contribution in [0.4, 0.5) is 16.0 Å². The summed E-state index contributed by atoms with van der Waals surface area (Å²) in [4.78, 5) is 15.4. The summed E-state index contributed by atoms with van der Waals surface area (Å²) in [5.74, 6) is 1.04. The lowest BCUT2D eigenvalue weighted by Gasteiger charge is -2.26. The van der Waals surface area contributed by atoms with E-state index < -0.39 is 5.82 Å². The Morgan fingerprint density at radius 3 is 2.67 bits per heavy atom. The maximum atomic E-state index is 14.7. The predicted octanol–water partition coefficient (Wildman–Crippen LogP) is 4.59. The van der Waals surface area contributed by atoms with Gasteiger partial charge in [-0.05, 0) is 48.9 Å². The summed E-state index contributed by atoms with van der Waals surface area (Å²) >= 11 is 0. The van der Waals surface area contributed by atoms with Crippen LogP contribution in [0.5, 0.6) is 11.5 Å². The van der Waals surface area contributed by atoms with Gasteiger partial charge in [-0.3, -0.25) is 9.88 Å². The Kier molecular flexibility index (Phi) is 7.80. The van der Waals surface area contributed by atoms with Gasteiger partial charge in [-0.2, -0.15) is 0 Å². The van der Waals surface area contributed by atoms with Gasteiger partial charge in [0.05, 0.1) is 36.7 Å². The van der Waals surface area contributed by atoms with Crippen molar-refractivity contribution >= 4 is 22.5 Å². The Balaban J connectivity index is 1.15. The molecule has 186 valence electrons. The van der Waals surface area contributed by atoms with Crippen LogP contribution in [-0.2, 0) is 11.3 Å². The second-order valence-corrected chi connectivity index (χ2v) is 8.45. The van der Waals surface area contributed by atoms with E-state index >= 15 is 0 Å². The summed E-state index contributed by atoms with van der Waals surface area (Å²) in [6, 6.07) is 15.9. The molecule has 0 bridgehead atoms. The fourth-order valence-corrected chi connectivity index (χ4v) is 3.91. The van der Waals surface area contributed by atoms with E-state index in [2.05, 4.69) is 25.2 Å². The number of nitrogens with zero attached hydrogens (tertiary/aromatic N) is 4. The Morgan fingerprint density at radius 2 is 1.83 bits per heavy atom. The molecule has 36 heavy (non-hydrogen) atoms. The van der Waals surface area contributed by atoms with Crippen LogP contribution in [0, 0.1) is 5.82 Å². The predicted molar refractivity (Wildman–Crippen MR) is 135 cm³/mol. The maximum absolute atomic E-state index is 14.7. The van der Waals surface area contributed by atoms with Crippen LogP contribution in [0.1, 0.15) is 12.1 Å². The highest BCUT2D eigenvalue weighted by Gasteiger charge is 2.10. The fourth-order valence-electron chi connectivity index (χ4n) is 3.91. The van der Waals surface area contributed by atoms with E-state index in [4.69, 9.17) is 14.2 Å². The summed E-state index contributed by atoms with van der Waals surface area (Å²) in [6.45, 7) is 5.49. The molecule has 0 amide bonds. The molecule has 9 heteroatoms. The van der Waals surface area contributed by atoms with E-state index in [0.717, 1.165) is 61.6 Å². The number of aromatic nitrogens is 3. The molecule has 0 unspecified atom stereocenters. The summed E-state index contributed by atoms with van der Waals surface area (Å²) in [7, 11) is 0. The molecule has 2 aromatic carbocycles. The molecule has 0 aliphatic carbocycles. The molecule has 5 rings (SSSR count). The molecule has 1 N–H and O–H groups in total. The zero-order valence-corrected chi connectivity index (χ0v) is 19.9. The SMILES string of the molecule is Fc1cc(OCc2ccccn2)ccc1Nc1ncc2cc(OCCCN3CCOCC3)ccc2n1. The van der Waals surface area contributed by atoms with E-state index in [1.165, 1.54) is 6.07 Å². The van der Waals surface area contributed by atoms with Crippen molar-refractivity contribution in [3.8, 4) is 11.5 Å². The van der Waals surface area contributed by atoms with E-state index in [-0.39, 0.29) is 12.3 Å². The van der Waals surface area contributed by atoms with Crippen molar-refractivity contribution in [3.63, 3.8) is 0 Å². The average Bonchev–Trinajstić information content (AvgIpc) is 2.92. The number of ether oxygens (including phenoxy) is 3. The first-order chi connectivity index (χ1) is 17.7. The number of anilines is 2. The van der Waals surface area contributed by atoms with Gasteiger partial charge in [0.1, 0.15) is 23.9 Å². The Bertz CT molecular complexity index is 1290. The highest BCUT2D eigenvalue weighted by Crippen LogP contribution is 2.25. The average molecular weight is 490 g/mol. The number of fused-ring (bicyclic) bond motifs is 1. The van der Waals surface area contributed by atoms with Gasteiger partial charge in [-0.15, -0.1) is 0 Å². The lowest BCUT2D eigenvalue weighted by molar-refractivity contribution is 0.0358. The van der Waals surface area contributed by atoms with Crippen LogP contribution in [-0.4, -0.2) is 59.3 Å². The van der Waals surface area contributed by atoms with Gasteiger partial charge in [-0.1, -0.05) is 6.07 Å². The number of hydrogen-bond donors (Lipinski definition) is 1. The van der Waals surface area contributed by atoms with Gasteiger partial charge >= 0.3 is 0 Å². The van der Waals surface area contributed by atoms with Crippen molar-refractivity contribution in [2.24, 2.45) is 0 Å². The molecular weight excluding hydrogens is 461 g/mol. The zero-order valence-electron chi connectivity index (χ0n) is 19.9. The number of hydrogen-bond acceptors (Lipinski definition) is 8. The van der Waals surface area contributed by atoms with Crippen LogP contribution >= 0.6 is 0 Å². The van der Waals surface area contributed by atoms with Crippen LogP contribution in [0.2, 0.25) is 0 Å². The molecule has 0 spiro atoms. The first-order valence-corrected chi connectivity index (χ1v) is 12.0. The number of rotatable bonds is 10. The van der Waals surface area contributed by atoms with Crippen molar-refractivity contribution in [1.29, 1.82) is 0 Å². The molecule has 1 aliphatic heterocycles. The van der Waals surface area contributed by atoms with E-state index in [0.29, 0.717) is 18.3 Å². The van der Waals surface area contributed by atoms with Crippen LogP contribution in [0.25, 0.3) is 10.9 Å². The highest BCUT2D eigenvalue weighted by atomic mass is 19.1. The van der Waals surface area contributed by atoms with Gasteiger partial charge in [0.15, 0.2) is 0 Å². The third-order valence-corrected chi connectivity index (χ3v) is 5.84. The monoisotopic (exact) mass is 489 g/mol. The molecule has 4 aromatic rings. The van der Waals surface area contributed by atoms with Gasteiger partial charge in [-0.25, -0.2) is 14.4 Å². The van der Waals surface area contributed by atoms with Crippen molar-refractivity contribution in [1.82, 2.24) is 19.9 Å². The van der Waals surface area contributed by atoms with Crippen LogP contribution < -0.4 is 14.8 Å². The smallest absolute Gasteiger partial charge is 0.227 e. The highest BCUT2D eigenvalue weighted by molar-refractivity contribution is 5.80. The summed E-state index contributed by atoms with van der Waals surface area (Å²) in [5.41, 5.74) is 1.77. The van der Waals surface area contributed by atoms with Crippen LogP contribution in [0.3, 0.4) is 0 Å². The third kappa shape index (κ3) is 6.44. The zero-order chi connectivity index (χ0) is 24.6. The van der Waals surface area contributed by atoms with Gasteiger partial charge in [0.25, 0.3) is 0 Å². The van der Waals surface area contributed by atoms with Gasteiger partial charge in [0, 0.05) is 43.5 Å². The fraction of sp³-hybridized carbons (Fsp3) is 0.296. The first-order valence-electron chi connectivity index (χ1n) is 12.0. The summed E-state index contributed by atoms with van der Waals surface area (Å²) in [5, 5.41) is 3.79. The molecule has 1 fully saturated rings. The normalized spacial score (nSPS) is 14.0. The number of benzene rings is 2. The van der Waals surface area contributed by atoms with Crippen LogP contribution in [0.15, 0.2) is 67.0 Å².